The van der Waals surface area contributed by atoms with E-state index in [4.69, 9.17) is 4.74 Å². The van der Waals surface area contributed by atoms with Gasteiger partial charge in [0.1, 0.15) is 12.4 Å². The molecule has 2 aromatic rings. The van der Waals surface area contributed by atoms with Gasteiger partial charge in [0.05, 0.1) is 6.10 Å². The number of rotatable bonds is 5. The molecule has 3 unspecified atom stereocenters. The number of benzene rings is 2. The van der Waals surface area contributed by atoms with E-state index in [0.29, 0.717) is 24.4 Å². The van der Waals surface area contributed by atoms with Gasteiger partial charge in [0.25, 0.3) is 0 Å². The Balaban J connectivity index is 1.59. The van der Waals surface area contributed by atoms with E-state index < -0.39 is 0 Å². The topological polar surface area (TPSA) is 29.5 Å². The highest BCUT2D eigenvalue weighted by atomic mass is 16.5. The number of aliphatic hydroxyl groups excluding tert-OH is 1. The molecule has 0 heterocycles. The molecule has 1 fully saturated rings. The maximum absolute atomic E-state index is 10.7. The molecule has 0 aromatic heterocycles. The van der Waals surface area contributed by atoms with Crippen molar-refractivity contribution in [3.05, 3.63) is 65.7 Å². The third kappa shape index (κ3) is 4.39. The van der Waals surface area contributed by atoms with E-state index in [0.717, 1.165) is 29.7 Å². The average Bonchev–Trinajstić information content (AvgIpc) is 2.60. The third-order valence-electron chi connectivity index (χ3n) is 5.13. The van der Waals surface area contributed by atoms with E-state index in [1.54, 1.807) is 0 Å². The van der Waals surface area contributed by atoms with Gasteiger partial charge in [0, 0.05) is 0 Å². The van der Waals surface area contributed by atoms with E-state index in [2.05, 4.69) is 26.0 Å². The van der Waals surface area contributed by atoms with Crippen molar-refractivity contribution < 1.29 is 9.84 Å². The minimum absolute atomic E-state index is 0.363. The van der Waals surface area contributed by atoms with Crippen molar-refractivity contribution in [1.82, 2.24) is 0 Å². The van der Waals surface area contributed by atoms with E-state index in [1.165, 1.54) is 6.42 Å². The summed E-state index contributed by atoms with van der Waals surface area (Å²) < 4.78 is 5.82. The molecule has 1 aliphatic carbocycles. The summed E-state index contributed by atoms with van der Waals surface area (Å²) in [6, 6.07) is 18.1. The lowest BCUT2D eigenvalue weighted by atomic mass is 9.73. The second-order valence-electron chi connectivity index (χ2n) is 7.47. The average molecular weight is 324 g/mol. The number of hydrogen-bond acceptors (Lipinski definition) is 2. The Labute approximate surface area is 145 Å². The normalized spacial score (nSPS) is 25.2. The van der Waals surface area contributed by atoms with Crippen molar-refractivity contribution in [1.29, 1.82) is 0 Å². The Morgan fingerprint density at radius 1 is 0.917 bits per heavy atom. The predicted octanol–water partition coefficient (Wildman–Crippen LogP) is 5.37. The fourth-order valence-electron chi connectivity index (χ4n) is 4.04. The monoisotopic (exact) mass is 324 g/mol. The highest BCUT2D eigenvalue weighted by Gasteiger charge is 2.29. The van der Waals surface area contributed by atoms with Gasteiger partial charge in [-0.1, -0.05) is 56.3 Å². The fourth-order valence-corrected chi connectivity index (χ4v) is 4.04. The number of ether oxygens (including phenoxy) is 1. The Bertz CT molecular complexity index is 610. The summed E-state index contributed by atoms with van der Waals surface area (Å²) in [7, 11) is 0. The van der Waals surface area contributed by atoms with Crippen molar-refractivity contribution in [3.63, 3.8) is 0 Å². The summed E-state index contributed by atoms with van der Waals surface area (Å²) in [5, 5.41) is 10.7. The first-order valence-corrected chi connectivity index (χ1v) is 9.06. The van der Waals surface area contributed by atoms with Gasteiger partial charge in [-0.15, -0.1) is 0 Å². The maximum atomic E-state index is 10.7. The first-order chi connectivity index (χ1) is 11.6. The van der Waals surface area contributed by atoms with Crippen LogP contribution in [0, 0.1) is 17.8 Å². The summed E-state index contributed by atoms with van der Waals surface area (Å²) in [5.74, 6) is 2.64. The predicted molar refractivity (Wildman–Crippen MR) is 97.8 cm³/mol. The van der Waals surface area contributed by atoms with Crippen molar-refractivity contribution in [3.8, 4) is 5.75 Å². The van der Waals surface area contributed by atoms with Crippen LogP contribution >= 0.6 is 0 Å². The standard InChI is InChI=1S/C22H28O2/c1-16-12-17(2)14-20(13-16)22(23)19-8-10-21(11-9-19)24-15-18-6-4-3-5-7-18/h3-11,16-17,20,22-23H,12-15H2,1-2H3. The lowest BCUT2D eigenvalue weighted by molar-refractivity contribution is 0.0551. The first-order valence-electron chi connectivity index (χ1n) is 9.06. The quantitative estimate of drug-likeness (QED) is 0.801. The van der Waals surface area contributed by atoms with Gasteiger partial charge in [-0.05, 0) is 60.3 Å². The molecule has 0 bridgehead atoms. The molecule has 0 aliphatic heterocycles. The molecule has 0 amide bonds. The van der Waals surface area contributed by atoms with E-state index in [1.807, 2.05) is 42.5 Å². The molecule has 3 atom stereocenters. The van der Waals surface area contributed by atoms with Crippen LogP contribution in [0.25, 0.3) is 0 Å². The van der Waals surface area contributed by atoms with Gasteiger partial charge < -0.3 is 9.84 Å². The third-order valence-corrected chi connectivity index (χ3v) is 5.13. The molecule has 0 saturated heterocycles. The minimum Gasteiger partial charge on any atom is -0.489 e. The van der Waals surface area contributed by atoms with Crippen molar-refractivity contribution >= 4 is 0 Å². The second kappa shape index (κ2) is 7.85. The van der Waals surface area contributed by atoms with Crippen LogP contribution in [0.15, 0.2) is 54.6 Å². The summed E-state index contributed by atoms with van der Waals surface area (Å²) >= 11 is 0. The molecule has 3 rings (SSSR count). The summed E-state index contributed by atoms with van der Waals surface area (Å²) in [5.41, 5.74) is 2.17. The Morgan fingerprint density at radius 2 is 1.54 bits per heavy atom. The highest BCUT2D eigenvalue weighted by Crippen LogP contribution is 2.39. The van der Waals surface area contributed by atoms with E-state index in [9.17, 15) is 5.11 Å². The van der Waals surface area contributed by atoms with Crippen LogP contribution in [0.1, 0.15) is 50.3 Å². The smallest absolute Gasteiger partial charge is 0.119 e. The zero-order valence-electron chi connectivity index (χ0n) is 14.7. The summed E-state index contributed by atoms with van der Waals surface area (Å²) in [4.78, 5) is 0. The molecule has 2 aromatic carbocycles. The van der Waals surface area contributed by atoms with Crippen molar-refractivity contribution in [2.75, 3.05) is 0 Å². The van der Waals surface area contributed by atoms with Crippen LogP contribution in [0.2, 0.25) is 0 Å². The summed E-state index contributed by atoms with van der Waals surface area (Å²) in [6.07, 6.45) is 3.17. The van der Waals surface area contributed by atoms with Crippen LogP contribution in [0.5, 0.6) is 5.75 Å². The highest BCUT2D eigenvalue weighted by molar-refractivity contribution is 5.29. The lowest BCUT2D eigenvalue weighted by Gasteiger charge is -2.34. The van der Waals surface area contributed by atoms with E-state index in [-0.39, 0.29) is 6.10 Å². The van der Waals surface area contributed by atoms with Crippen molar-refractivity contribution in [2.24, 2.45) is 17.8 Å². The first kappa shape index (κ1) is 17.0. The van der Waals surface area contributed by atoms with Crippen LogP contribution in [-0.4, -0.2) is 5.11 Å². The molecular formula is C22H28O2. The van der Waals surface area contributed by atoms with Gasteiger partial charge >= 0.3 is 0 Å². The molecule has 1 saturated carbocycles. The fraction of sp³-hybridized carbons (Fsp3) is 0.455. The van der Waals surface area contributed by atoms with Gasteiger partial charge in [0.2, 0.25) is 0 Å². The van der Waals surface area contributed by atoms with Gasteiger partial charge in [-0.3, -0.25) is 0 Å². The van der Waals surface area contributed by atoms with Crippen molar-refractivity contribution in [2.45, 2.75) is 45.8 Å². The maximum Gasteiger partial charge on any atom is 0.119 e. The van der Waals surface area contributed by atoms with Crippen LogP contribution < -0.4 is 4.74 Å². The van der Waals surface area contributed by atoms with Gasteiger partial charge in [-0.25, -0.2) is 0 Å². The van der Waals surface area contributed by atoms with Crippen LogP contribution in [-0.2, 0) is 6.61 Å². The molecule has 2 nitrogen and oxygen atoms in total. The molecule has 0 radical (unpaired) electrons. The molecule has 24 heavy (non-hydrogen) atoms. The van der Waals surface area contributed by atoms with Crippen LogP contribution in [0.3, 0.4) is 0 Å². The van der Waals surface area contributed by atoms with Crippen LogP contribution in [0.4, 0.5) is 0 Å². The molecule has 1 aliphatic rings. The zero-order chi connectivity index (χ0) is 16.9. The molecular weight excluding hydrogens is 296 g/mol. The Hall–Kier alpha value is -1.80. The Kier molecular flexibility index (Phi) is 5.57. The second-order valence-corrected chi connectivity index (χ2v) is 7.47. The summed E-state index contributed by atoms with van der Waals surface area (Å²) in [6.45, 7) is 5.17. The zero-order valence-corrected chi connectivity index (χ0v) is 14.7. The number of hydrogen-bond donors (Lipinski definition) is 1. The molecule has 1 N–H and O–H groups in total. The largest absolute Gasteiger partial charge is 0.489 e. The van der Waals surface area contributed by atoms with E-state index >= 15 is 0 Å². The Morgan fingerprint density at radius 3 is 2.17 bits per heavy atom. The molecule has 128 valence electrons. The van der Waals surface area contributed by atoms with Gasteiger partial charge in [0.15, 0.2) is 0 Å². The number of aliphatic hydroxyl groups is 1. The van der Waals surface area contributed by atoms with Gasteiger partial charge in [-0.2, -0.15) is 0 Å². The molecule has 2 heteroatoms. The molecule has 0 spiro atoms. The minimum atomic E-state index is -0.363. The lowest BCUT2D eigenvalue weighted by Crippen LogP contribution is -2.24. The SMILES string of the molecule is CC1CC(C)CC(C(O)c2ccc(OCc3ccccc3)cc2)C1.